The molecule has 2 N–H and O–H groups in total. The van der Waals surface area contributed by atoms with Gasteiger partial charge in [-0.25, -0.2) is 4.79 Å². The summed E-state index contributed by atoms with van der Waals surface area (Å²) in [6.45, 7) is 0. The number of aliphatic carboxylic acids is 1. The van der Waals surface area contributed by atoms with Gasteiger partial charge in [-0.3, -0.25) is 0 Å². The van der Waals surface area contributed by atoms with E-state index < -0.39 is 11.5 Å². The van der Waals surface area contributed by atoms with Gasteiger partial charge in [-0.1, -0.05) is 25.7 Å². The normalized spacial score (nSPS) is 18.4. The Morgan fingerprint density at radius 2 is 1.74 bits per heavy atom. The molecular formula is C15H21NO3. The maximum absolute atomic E-state index is 11.7. The summed E-state index contributed by atoms with van der Waals surface area (Å²) in [5, 5.41) is 12.8. The molecule has 1 fully saturated rings. The van der Waals surface area contributed by atoms with Gasteiger partial charge in [0.25, 0.3) is 0 Å². The first kappa shape index (κ1) is 13.7. The summed E-state index contributed by atoms with van der Waals surface area (Å²) in [6, 6.07) is 7.42. The van der Waals surface area contributed by atoms with Crippen molar-refractivity contribution in [2.24, 2.45) is 0 Å². The highest BCUT2D eigenvalue weighted by molar-refractivity contribution is 5.82. The van der Waals surface area contributed by atoms with Crippen LogP contribution in [0.15, 0.2) is 24.3 Å². The van der Waals surface area contributed by atoms with Crippen molar-refractivity contribution in [3.05, 3.63) is 24.3 Å². The molecule has 0 bridgehead atoms. The molecule has 0 amide bonds. The minimum atomic E-state index is -0.814. The Morgan fingerprint density at radius 3 is 2.21 bits per heavy atom. The number of carboxylic acid groups (broad SMARTS) is 1. The van der Waals surface area contributed by atoms with Crippen molar-refractivity contribution in [2.45, 2.75) is 44.1 Å². The van der Waals surface area contributed by atoms with Crippen molar-refractivity contribution >= 4 is 11.7 Å². The van der Waals surface area contributed by atoms with Crippen LogP contribution in [0.25, 0.3) is 0 Å². The second kappa shape index (κ2) is 5.95. The number of carboxylic acids is 1. The molecule has 0 aliphatic heterocycles. The summed E-state index contributed by atoms with van der Waals surface area (Å²) in [5.74, 6) is 0.0287. The number of hydrogen-bond donors (Lipinski definition) is 2. The van der Waals surface area contributed by atoms with Gasteiger partial charge in [-0.2, -0.15) is 0 Å². The van der Waals surface area contributed by atoms with Gasteiger partial charge in [0.05, 0.1) is 7.11 Å². The van der Waals surface area contributed by atoms with Gasteiger partial charge in [0, 0.05) is 5.69 Å². The third-order valence-corrected chi connectivity index (χ3v) is 3.84. The minimum absolute atomic E-state index is 0.689. The number of carbonyl (C=O) groups is 1. The molecule has 4 heteroatoms. The second-order valence-corrected chi connectivity index (χ2v) is 5.15. The zero-order chi connectivity index (χ0) is 13.7. The van der Waals surface area contributed by atoms with Crippen LogP contribution in [0.4, 0.5) is 5.69 Å². The van der Waals surface area contributed by atoms with Crippen molar-refractivity contribution < 1.29 is 14.6 Å². The van der Waals surface area contributed by atoms with Crippen LogP contribution in [0.2, 0.25) is 0 Å². The van der Waals surface area contributed by atoms with Gasteiger partial charge in [0.2, 0.25) is 0 Å². The van der Waals surface area contributed by atoms with Gasteiger partial charge in [-0.15, -0.1) is 0 Å². The van der Waals surface area contributed by atoms with E-state index in [-0.39, 0.29) is 0 Å². The zero-order valence-electron chi connectivity index (χ0n) is 11.3. The average molecular weight is 263 g/mol. The van der Waals surface area contributed by atoms with E-state index >= 15 is 0 Å². The highest BCUT2D eigenvalue weighted by Gasteiger charge is 2.38. The molecule has 0 radical (unpaired) electrons. The lowest BCUT2D eigenvalue weighted by molar-refractivity contribution is -0.142. The van der Waals surface area contributed by atoms with Gasteiger partial charge in [0.15, 0.2) is 0 Å². The number of hydrogen-bond acceptors (Lipinski definition) is 3. The molecule has 0 saturated heterocycles. The van der Waals surface area contributed by atoms with Crippen LogP contribution in [0.1, 0.15) is 38.5 Å². The Bertz CT molecular complexity index is 420. The van der Waals surface area contributed by atoms with Crippen LogP contribution in [0, 0.1) is 0 Å². The van der Waals surface area contributed by atoms with Gasteiger partial charge < -0.3 is 15.2 Å². The average Bonchev–Trinajstić information content (AvgIpc) is 2.66. The second-order valence-electron chi connectivity index (χ2n) is 5.15. The molecule has 19 heavy (non-hydrogen) atoms. The summed E-state index contributed by atoms with van der Waals surface area (Å²) in [7, 11) is 1.62. The van der Waals surface area contributed by atoms with Crippen molar-refractivity contribution in [2.75, 3.05) is 12.4 Å². The van der Waals surface area contributed by atoms with Crippen LogP contribution in [0.5, 0.6) is 5.75 Å². The smallest absolute Gasteiger partial charge is 0.329 e. The fraction of sp³-hybridized carbons (Fsp3) is 0.533. The SMILES string of the molecule is COc1ccc(NC2(C(=O)O)CCCCCC2)cc1. The number of ether oxygens (including phenoxy) is 1. The molecule has 0 aromatic heterocycles. The molecular weight excluding hydrogens is 242 g/mol. The molecule has 1 aromatic rings. The lowest BCUT2D eigenvalue weighted by atomic mass is 9.90. The molecule has 0 heterocycles. The number of methoxy groups -OCH3 is 1. The molecule has 104 valence electrons. The van der Waals surface area contributed by atoms with E-state index in [0.29, 0.717) is 12.8 Å². The van der Waals surface area contributed by atoms with Crippen LogP contribution >= 0.6 is 0 Å². The maximum Gasteiger partial charge on any atom is 0.329 e. The summed E-state index contributed by atoms with van der Waals surface area (Å²) < 4.78 is 5.11. The first-order chi connectivity index (χ1) is 9.16. The molecule has 0 atom stereocenters. The van der Waals surface area contributed by atoms with E-state index in [2.05, 4.69) is 5.32 Å². The largest absolute Gasteiger partial charge is 0.497 e. The van der Waals surface area contributed by atoms with Crippen LogP contribution < -0.4 is 10.1 Å². The van der Waals surface area contributed by atoms with Crippen LogP contribution in [-0.2, 0) is 4.79 Å². The summed E-state index contributed by atoms with van der Waals surface area (Å²) in [6.07, 6.45) is 5.56. The molecule has 0 unspecified atom stereocenters. The Hall–Kier alpha value is -1.71. The molecule has 1 aliphatic carbocycles. The van der Waals surface area contributed by atoms with E-state index in [1.807, 2.05) is 24.3 Å². The Morgan fingerprint density at radius 1 is 1.16 bits per heavy atom. The van der Waals surface area contributed by atoms with Crippen molar-refractivity contribution in [1.82, 2.24) is 0 Å². The van der Waals surface area contributed by atoms with E-state index in [1.165, 1.54) is 0 Å². The summed E-state index contributed by atoms with van der Waals surface area (Å²) >= 11 is 0. The molecule has 1 aromatic carbocycles. The standard InChI is InChI=1S/C15H21NO3/c1-19-13-8-6-12(7-9-13)16-15(14(17)18)10-4-2-3-5-11-15/h6-9,16H,2-5,10-11H2,1H3,(H,17,18). The van der Waals surface area contributed by atoms with Crippen LogP contribution in [-0.4, -0.2) is 23.7 Å². The zero-order valence-corrected chi connectivity index (χ0v) is 11.3. The van der Waals surface area contributed by atoms with E-state index in [0.717, 1.165) is 37.1 Å². The van der Waals surface area contributed by atoms with Crippen molar-refractivity contribution in [3.8, 4) is 5.75 Å². The Labute approximate surface area is 113 Å². The van der Waals surface area contributed by atoms with Crippen molar-refractivity contribution in [1.29, 1.82) is 0 Å². The first-order valence-corrected chi connectivity index (χ1v) is 6.82. The fourth-order valence-electron chi connectivity index (χ4n) is 2.68. The molecule has 4 nitrogen and oxygen atoms in total. The first-order valence-electron chi connectivity index (χ1n) is 6.82. The lowest BCUT2D eigenvalue weighted by Crippen LogP contribution is -2.45. The third kappa shape index (κ3) is 3.19. The Kier molecular flexibility index (Phi) is 4.30. The summed E-state index contributed by atoms with van der Waals surface area (Å²) in [4.78, 5) is 11.7. The predicted molar refractivity (Wildman–Crippen MR) is 74.7 cm³/mol. The van der Waals surface area contributed by atoms with Gasteiger partial charge in [-0.05, 0) is 37.1 Å². The molecule has 1 saturated carbocycles. The summed E-state index contributed by atoms with van der Waals surface area (Å²) in [5.41, 5.74) is 0.0237. The van der Waals surface area contributed by atoms with E-state index in [1.54, 1.807) is 7.11 Å². The van der Waals surface area contributed by atoms with Gasteiger partial charge >= 0.3 is 5.97 Å². The third-order valence-electron chi connectivity index (χ3n) is 3.84. The molecule has 1 aliphatic rings. The highest BCUT2D eigenvalue weighted by Crippen LogP contribution is 2.31. The number of benzene rings is 1. The number of nitrogens with one attached hydrogen (secondary N) is 1. The topological polar surface area (TPSA) is 58.6 Å². The monoisotopic (exact) mass is 263 g/mol. The van der Waals surface area contributed by atoms with E-state index in [4.69, 9.17) is 4.74 Å². The fourth-order valence-corrected chi connectivity index (χ4v) is 2.68. The molecule has 0 spiro atoms. The quantitative estimate of drug-likeness (QED) is 0.818. The van der Waals surface area contributed by atoms with Gasteiger partial charge in [0.1, 0.15) is 11.3 Å². The maximum atomic E-state index is 11.7. The van der Waals surface area contributed by atoms with Crippen LogP contribution in [0.3, 0.4) is 0 Å². The number of rotatable bonds is 4. The lowest BCUT2D eigenvalue weighted by Gasteiger charge is -2.30. The molecule has 2 rings (SSSR count). The van der Waals surface area contributed by atoms with Crippen molar-refractivity contribution in [3.63, 3.8) is 0 Å². The number of anilines is 1. The minimum Gasteiger partial charge on any atom is -0.497 e. The Balaban J connectivity index is 2.17. The van der Waals surface area contributed by atoms with E-state index in [9.17, 15) is 9.90 Å². The highest BCUT2D eigenvalue weighted by atomic mass is 16.5. The predicted octanol–water partition coefficient (Wildman–Crippen LogP) is 3.28.